The second-order valence-corrected chi connectivity index (χ2v) is 6.90. The molecule has 1 aliphatic heterocycles. The lowest BCUT2D eigenvalue weighted by Crippen LogP contribution is -2.28. The summed E-state index contributed by atoms with van der Waals surface area (Å²) in [5.74, 6) is 0.474. The fraction of sp³-hybridized carbons (Fsp3) is 0.312. The number of carbonyl (C=O) groups excluding carboxylic acids is 2. The molecule has 5 nitrogen and oxygen atoms in total. The van der Waals surface area contributed by atoms with Crippen LogP contribution in [0.3, 0.4) is 0 Å². The smallest absolute Gasteiger partial charge is 0.263 e. The first-order valence-corrected chi connectivity index (χ1v) is 8.29. The molecule has 122 valence electrons. The van der Waals surface area contributed by atoms with Crippen LogP contribution in [0.15, 0.2) is 23.1 Å². The van der Waals surface area contributed by atoms with Gasteiger partial charge in [-0.05, 0) is 25.1 Å². The molecule has 0 saturated carbocycles. The van der Waals surface area contributed by atoms with Crippen LogP contribution in [0.25, 0.3) is 6.08 Å². The van der Waals surface area contributed by atoms with Crippen molar-refractivity contribution in [3.05, 3.63) is 34.2 Å². The number of hydrogen-bond acceptors (Lipinski definition) is 5. The quantitative estimate of drug-likeness (QED) is 0.652. The van der Waals surface area contributed by atoms with Crippen molar-refractivity contribution in [1.82, 2.24) is 10.2 Å². The van der Waals surface area contributed by atoms with Crippen molar-refractivity contribution in [1.29, 1.82) is 0 Å². The van der Waals surface area contributed by atoms with Crippen LogP contribution in [0, 0.1) is 6.92 Å². The van der Waals surface area contributed by atoms with Gasteiger partial charge in [0.05, 0.1) is 11.4 Å². The second kappa shape index (κ2) is 7.61. The van der Waals surface area contributed by atoms with E-state index in [1.165, 1.54) is 18.7 Å². The number of amides is 2. The summed E-state index contributed by atoms with van der Waals surface area (Å²) in [7, 11) is 1.73. The first-order valence-electron chi connectivity index (χ1n) is 7.07. The van der Waals surface area contributed by atoms with Crippen LogP contribution in [0.5, 0.6) is 5.75 Å². The van der Waals surface area contributed by atoms with Crippen molar-refractivity contribution in [2.24, 2.45) is 0 Å². The number of rotatable bonds is 5. The largest absolute Gasteiger partial charge is 0.491 e. The lowest BCUT2D eigenvalue weighted by Gasteiger charge is -2.16. The zero-order valence-corrected chi connectivity index (χ0v) is 14.8. The van der Waals surface area contributed by atoms with E-state index in [2.05, 4.69) is 5.32 Å². The summed E-state index contributed by atoms with van der Waals surface area (Å²) in [6, 6.07) is 5.76. The summed E-state index contributed by atoms with van der Waals surface area (Å²) in [6.45, 7) is 4.37. The predicted octanol–water partition coefficient (Wildman–Crippen LogP) is 2.34. The normalized spacial score (nSPS) is 15.7. The molecule has 0 spiro atoms. The average Bonchev–Trinajstić information content (AvgIpc) is 2.79. The highest BCUT2D eigenvalue weighted by Gasteiger charge is 2.22. The summed E-state index contributed by atoms with van der Waals surface area (Å²) in [6.07, 6.45) is 1.77. The molecule has 2 amide bonds. The SMILES string of the molecule is CC(=O)N(C)CCOc1ccc(C)cc1/C=C1\SC(=S)NC1=O. The van der Waals surface area contributed by atoms with Crippen molar-refractivity contribution >= 4 is 46.2 Å². The third-order valence-electron chi connectivity index (χ3n) is 3.32. The van der Waals surface area contributed by atoms with Crippen LogP contribution in [0.4, 0.5) is 0 Å². The number of nitrogens with zero attached hydrogens (tertiary/aromatic N) is 1. The van der Waals surface area contributed by atoms with Gasteiger partial charge in [-0.15, -0.1) is 0 Å². The van der Waals surface area contributed by atoms with Gasteiger partial charge in [0, 0.05) is 19.5 Å². The molecule has 1 aromatic carbocycles. The topological polar surface area (TPSA) is 58.6 Å². The molecule has 0 aliphatic carbocycles. The maximum absolute atomic E-state index is 11.8. The van der Waals surface area contributed by atoms with E-state index in [0.717, 1.165) is 11.1 Å². The summed E-state index contributed by atoms with van der Waals surface area (Å²) in [4.78, 5) is 25.1. The Hall–Kier alpha value is -1.86. The molecule has 1 fully saturated rings. The number of ether oxygens (including phenoxy) is 1. The highest BCUT2D eigenvalue weighted by Crippen LogP contribution is 2.29. The Morgan fingerprint density at radius 1 is 1.48 bits per heavy atom. The van der Waals surface area contributed by atoms with Crippen LogP contribution < -0.4 is 10.1 Å². The molecule has 1 heterocycles. The van der Waals surface area contributed by atoms with E-state index in [9.17, 15) is 9.59 Å². The molecule has 1 saturated heterocycles. The number of hydrogen-bond donors (Lipinski definition) is 1. The van der Waals surface area contributed by atoms with E-state index in [1.807, 2.05) is 25.1 Å². The van der Waals surface area contributed by atoms with Gasteiger partial charge in [-0.25, -0.2) is 0 Å². The number of carbonyl (C=O) groups is 2. The Labute approximate surface area is 145 Å². The summed E-state index contributed by atoms with van der Waals surface area (Å²) in [5, 5.41) is 2.59. The van der Waals surface area contributed by atoms with E-state index in [-0.39, 0.29) is 11.8 Å². The second-order valence-electron chi connectivity index (χ2n) is 5.18. The van der Waals surface area contributed by atoms with Gasteiger partial charge in [-0.1, -0.05) is 35.6 Å². The van der Waals surface area contributed by atoms with E-state index in [4.69, 9.17) is 17.0 Å². The van der Waals surface area contributed by atoms with E-state index >= 15 is 0 Å². The minimum Gasteiger partial charge on any atom is -0.491 e. The minimum atomic E-state index is -0.191. The van der Waals surface area contributed by atoms with Crippen molar-refractivity contribution < 1.29 is 14.3 Å². The summed E-state index contributed by atoms with van der Waals surface area (Å²) < 4.78 is 6.23. The Bertz CT molecular complexity index is 686. The molecule has 23 heavy (non-hydrogen) atoms. The summed E-state index contributed by atoms with van der Waals surface area (Å²) >= 11 is 6.23. The Morgan fingerprint density at radius 3 is 2.83 bits per heavy atom. The zero-order valence-electron chi connectivity index (χ0n) is 13.2. The van der Waals surface area contributed by atoms with Gasteiger partial charge in [0.25, 0.3) is 5.91 Å². The van der Waals surface area contributed by atoms with Gasteiger partial charge in [-0.3, -0.25) is 9.59 Å². The van der Waals surface area contributed by atoms with Crippen molar-refractivity contribution in [2.45, 2.75) is 13.8 Å². The number of thioether (sulfide) groups is 1. The van der Waals surface area contributed by atoms with Gasteiger partial charge in [0.2, 0.25) is 5.91 Å². The van der Waals surface area contributed by atoms with E-state index < -0.39 is 0 Å². The number of aryl methyl sites for hydroxylation is 1. The zero-order chi connectivity index (χ0) is 17.0. The molecular weight excluding hydrogens is 332 g/mol. The maximum atomic E-state index is 11.8. The van der Waals surface area contributed by atoms with Crippen molar-refractivity contribution in [3.8, 4) is 5.75 Å². The third-order valence-corrected chi connectivity index (χ3v) is 4.48. The lowest BCUT2D eigenvalue weighted by atomic mass is 10.1. The van der Waals surface area contributed by atoms with Gasteiger partial charge >= 0.3 is 0 Å². The van der Waals surface area contributed by atoms with Crippen LogP contribution in [0.1, 0.15) is 18.1 Å². The molecule has 0 bridgehead atoms. The van der Waals surface area contributed by atoms with Crippen LogP contribution in [-0.4, -0.2) is 41.2 Å². The highest BCUT2D eigenvalue weighted by molar-refractivity contribution is 8.26. The Kier molecular flexibility index (Phi) is 5.79. The number of benzene rings is 1. The molecule has 1 aromatic rings. The van der Waals surface area contributed by atoms with Crippen LogP contribution in [0.2, 0.25) is 0 Å². The van der Waals surface area contributed by atoms with E-state index in [0.29, 0.717) is 28.1 Å². The van der Waals surface area contributed by atoms with Gasteiger partial charge in [0.15, 0.2) is 0 Å². The first kappa shape index (κ1) is 17.5. The highest BCUT2D eigenvalue weighted by atomic mass is 32.2. The molecule has 0 aromatic heterocycles. The molecule has 1 aliphatic rings. The van der Waals surface area contributed by atoms with Crippen molar-refractivity contribution in [3.63, 3.8) is 0 Å². The van der Waals surface area contributed by atoms with Gasteiger partial charge in [-0.2, -0.15) is 0 Å². The fourth-order valence-corrected chi connectivity index (χ4v) is 2.96. The molecule has 0 radical (unpaired) electrons. The minimum absolute atomic E-state index is 0.00705. The number of nitrogens with one attached hydrogen (secondary N) is 1. The number of likely N-dealkylation sites (N-methyl/N-ethyl adjacent to an activating group) is 1. The molecule has 7 heteroatoms. The molecule has 1 N–H and O–H groups in total. The Morgan fingerprint density at radius 2 is 2.22 bits per heavy atom. The fourth-order valence-electron chi connectivity index (χ4n) is 1.92. The lowest BCUT2D eigenvalue weighted by molar-refractivity contribution is -0.127. The average molecular weight is 350 g/mol. The molecule has 0 unspecified atom stereocenters. The Balaban J connectivity index is 2.15. The molecular formula is C16H18N2O3S2. The maximum Gasteiger partial charge on any atom is 0.263 e. The van der Waals surface area contributed by atoms with Crippen molar-refractivity contribution in [2.75, 3.05) is 20.2 Å². The van der Waals surface area contributed by atoms with E-state index in [1.54, 1.807) is 18.0 Å². The van der Waals surface area contributed by atoms with Gasteiger partial charge in [0.1, 0.15) is 16.7 Å². The first-order chi connectivity index (χ1) is 10.9. The summed E-state index contributed by atoms with van der Waals surface area (Å²) in [5.41, 5.74) is 1.88. The van der Waals surface area contributed by atoms with Gasteiger partial charge < -0.3 is 15.0 Å². The number of thiocarbonyl (C=S) groups is 1. The monoisotopic (exact) mass is 350 g/mol. The standard InChI is InChI=1S/C16H18N2O3S2/c1-10-4-5-13(21-7-6-18(3)11(2)19)12(8-10)9-14-15(20)17-16(22)23-14/h4-5,8-9H,6-7H2,1-3H3,(H,17,20,22)/b14-9-. The molecule has 2 rings (SSSR count). The van der Waals surface area contributed by atoms with Crippen LogP contribution in [-0.2, 0) is 9.59 Å². The predicted molar refractivity (Wildman–Crippen MR) is 96.3 cm³/mol. The van der Waals surface area contributed by atoms with Crippen LogP contribution >= 0.6 is 24.0 Å². The molecule has 0 atom stereocenters. The third kappa shape index (κ3) is 4.80.